The molecule has 1 aromatic rings. The van der Waals surface area contributed by atoms with Gasteiger partial charge in [0.15, 0.2) is 0 Å². The van der Waals surface area contributed by atoms with E-state index in [2.05, 4.69) is 0 Å². The number of carbonyl (C=O) groups is 3. The minimum atomic E-state index is -1.19. The quantitative estimate of drug-likeness (QED) is 0.710. The normalized spacial score (nSPS) is 41.0. The molecule has 0 aromatic heterocycles. The first-order valence-corrected chi connectivity index (χ1v) is 11.6. The summed E-state index contributed by atoms with van der Waals surface area (Å²) in [5.41, 5.74) is 12.4. The van der Waals surface area contributed by atoms with Crippen LogP contribution < -0.4 is 11.5 Å². The Bertz CT molecular complexity index is 943. The maximum atomic E-state index is 13.6. The molecule has 1 heterocycles. The van der Waals surface area contributed by atoms with Gasteiger partial charge in [-0.2, -0.15) is 0 Å². The van der Waals surface area contributed by atoms with Crippen molar-refractivity contribution in [3.05, 3.63) is 35.4 Å². The lowest BCUT2D eigenvalue weighted by molar-refractivity contribution is -0.161. The zero-order valence-electron chi connectivity index (χ0n) is 18.5. The molecule has 6 heteroatoms. The maximum absolute atomic E-state index is 13.6. The van der Waals surface area contributed by atoms with Crippen LogP contribution in [0.15, 0.2) is 24.3 Å². The van der Waals surface area contributed by atoms with Gasteiger partial charge in [-0.1, -0.05) is 24.3 Å². The van der Waals surface area contributed by atoms with Crippen LogP contribution in [0.2, 0.25) is 0 Å². The van der Waals surface area contributed by atoms with Crippen LogP contribution in [0, 0.1) is 47.3 Å². The third-order valence-electron chi connectivity index (χ3n) is 9.36. The molecule has 4 atom stereocenters. The van der Waals surface area contributed by atoms with Crippen molar-refractivity contribution in [2.75, 3.05) is 6.54 Å². The van der Waals surface area contributed by atoms with Crippen LogP contribution in [0.1, 0.15) is 50.2 Å². The van der Waals surface area contributed by atoms with Gasteiger partial charge in [0, 0.05) is 24.4 Å². The number of primary amides is 2. The summed E-state index contributed by atoms with van der Waals surface area (Å²) < 4.78 is 0. The SMILES string of the molecule is Cc1ccccc1CN1CC(C2C3CC4CC2CC(C(N)=O)(C4)C3)C(C)(C(N)=O)C1=O. The number of aryl methyl sites for hydroxylation is 1. The molecule has 31 heavy (non-hydrogen) atoms. The van der Waals surface area contributed by atoms with E-state index in [1.54, 1.807) is 6.92 Å². The van der Waals surface area contributed by atoms with E-state index >= 15 is 0 Å². The Hall–Kier alpha value is -2.37. The summed E-state index contributed by atoms with van der Waals surface area (Å²) in [5, 5.41) is 0. The molecule has 4 N–H and O–H groups in total. The monoisotopic (exact) mass is 423 g/mol. The molecule has 4 saturated carbocycles. The number of rotatable bonds is 5. The van der Waals surface area contributed by atoms with Crippen molar-refractivity contribution >= 4 is 17.7 Å². The average molecular weight is 424 g/mol. The van der Waals surface area contributed by atoms with Crippen LogP contribution in [0.5, 0.6) is 0 Å². The third-order valence-corrected chi connectivity index (χ3v) is 9.36. The van der Waals surface area contributed by atoms with Crippen LogP contribution in [0.3, 0.4) is 0 Å². The van der Waals surface area contributed by atoms with Crippen molar-refractivity contribution in [2.45, 2.75) is 52.5 Å². The van der Waals surface area contributed by atoms with Gasteiger partial charge >= 0.3 is 0 Å². The van der Waals surface area contributed by atoms with E-state index in [0.717, 1.165) is 43.2 Å². The fourth-order valence-corrected chi connectivity index (χ4v) is 7.94. The van der Waals surface area contributed by atoms with Crippen LogP contribution in [-0.4, -0.2) is 29.2 Å². The van der Waals surface area contributed by atoms with Gasteiger partial charge in [0.25, 0.3) is 0 Å². The second-order valence-corrected chi connectivity index (χ2v) is 11.0. The van der Waals surface area contributed by atoms with E-state index < -0.39 is 11.3 Å². The van der Waals surface area contributed by atoms with Gasteiger partial charge in [-0.25, -0.2) is 0 Å². The van der Waals surface area contributed by atoms with Crippen LogP contribution in [0.4, 0.5) is 0 Å². The highest BCUT2D eigenvalue weighted by Crippen LogP contribution is 2.65. The lowest BCUT2D eigenvalue weighted by Crippen LogP contribution is -2.59. The molecular formula is C25H33N3O3. The van der Waals surface area contributed by atoms with E-state index in [0.29, 0.717) is 30.8 Å². The fraction of sp³-hybridized carbons (Fsp3) is 0.640. The number of hydrogen-bond acceptors (Lipinski definition) is 3. The number of likely N-dealkylation sites (tertiary alicyclic amines) is 1. The molecule has 6 nitrogen and oxygen atoms in total. The average Bonchev–Trinajstić information content (AvgIpc) is 2.95. The Morgan fingerprint density at radius 2 is 1.71 bits per heavy atom. The molecule has 166 valence electrons. The molecule has 0 radical (unpaired) electrons. The Morgan fingerprint density at radius 1 is 1.06 bits per heavy atom. The molecule has 1 saturated heterocycles. The minimum Gasteiger partial charge on any atom is -0.369 e. The van der Waals surface area contributed by atoms with E-state index in [1.165, 1.54) is 0 Å². The van der Waals surface area contributed by atoms with Crippen LogP contribution in [0.25, 0.3) is 0 Å². The van der Waals surface area contributed by atoms with Gasteiger partial charge in [0.1, 0.15) is 5.41 Å². The number of nitrogens with zero attached hydrogens (tertiary/aromatic N) is 1. The van der Waals surface area contributed by atoms with Gasteiger partial charge in [0.2, 0.25) is 17.7 Å². The summed E-state index contributed by atoms with van der Waals surface area (Å²) in [6.45, 7) is 4.86. The van der Waals surface area contributed by atoms with Gasteiger partial charge < -0.3 is 16.4 Å². The molecule has 4 bridgehead atoms. The molecule has 6 rings (SSSR count). The molecule has 0 spiro atoms. The van der Waals surface area contributed by atoms with Crippen LogP contribution in [-0.2, 0) is 20.9 Å². The second-order valence-electron chi connectivity index (χ2n) is 11.0. The molecule has 4 unspecified atom stereocenters. The smallest absolute Gasteiger partial charge is 0.238 e. The minimum absolute atomic E-state index is 0.110. The summed E-state index contributed by atoms with van der Waals surface area (Å²) in [7, 11) is 0. The summed E-state index contributed by atoms with van der Waals surface area (Å²) in [6.07, 6.45) is 4.67. The Kier molecular flexibility index (Phi) is 4.51. The zero-order chi connectivity index (χ0) is 22.1. The van der Waals surface area contributed by atoms with Crippen LogP contribution >= 0.6 is 0 Å². The first-order chi connectivity index (χ1) is 14.7. The van der Waals surface area contributed by atoms with Crippen molar-refractivity contribution in [1.29, 1.82) is 0 Å². The van der Waals surface area contributed by atoms with Crippen molar-refractivity contribution < 1.29 is 14.4 Å². The standard InChI is InChI=1S/C25H33N3O3/c1-14-5-3-4-6-16(14)12-28-13-19(24(2,21(26)29)23(28)31)20-17-7-15-8-18(20)11-25(9-15,10-17)22(27)30/h3-6,15,17-20H,7-13H2,1-2H3,(H2,26,29)(H2,27,30). The Labute approximate surface area is 183 Å². The largest absolute Gasteiger partial charge is 0.369 e. The Morgan fingerprint density at radius 3 is 2.29 bits per heavy atom. The number of amides is 3. The predicted octanol–water partition coefficient (Wildman–Crippen LogP) is 2.37. The maximum Gasteiger partial charge on any atom is 0.238 e. The van der Waals surface area contributed by atoms with Crippen molar-refractivity contribution in [3.8, 4) is 0 Å². The Balaban J connectivity index is 1.47. The number of nitrogens with two attached hydrogens (primary N) is 2. The molecular weight excluding hydrogens is 390 g/mol. The number of hydrogen-bond donors (Lipinski definition) is 2. The summed E-state index contributed by atoms with van der Waals surface area (Å²) >= 11 is 0. The first kappa shape index (κ1) is 20.5. The van der Waals surface area contributed by atoms with E-state index in [4.69, 9.17) is 11.5 Å². The van der Waals surface area contributed by atoms with Gasteiger partial charge in [-0.05, 0) is 80.8 Å². The second kappa shape index (κ2) is 6.81. The van der Waals surface area contributed by atoms with Crippen molar-refractivity contribution in [3.63, 3.8) is 0 Å². The first-order valence-electron chi connectivity index (χ1n) is 11.6. The summed E-state index contributed by atoms with van der Waals surface area (Å²) in [6, 6.07) is 8.05. The zero-order valence-corrected chi connectivity index (χ0v) is 18.5. The summed E-state index contributed by atoms with van der Waals surface area (Å²) in [5.74, 6) is 0.531. The van der Waals surface area contributed by atoms with Gasteiger partial charge in [0.05, 0.1) is 0 Å². The van der Waals surface area contributed by atoms with E-state index in [1.807, 2.05) is 36.1 Å². The highest BCUT2D eigenvalue weighted by molar-refractivity contribution is 6.05. The fourth-order valence-electron chi connectivity index (χ4n) is 7.94. The number of benzene rings is 1. The van der Waals surface area contributed by atoms with E-state index in [-0.39, 0.29) is 29.1 Å². The highest BCUT2D eigenvalue weighted by Gasteiger charge is 2.65. The molecule has 1 aliphatic heterocycles. The molecule has 3 amide bonds. The summed E-state index contributed by atoms with van der Waals surface area (Å²) in [4.78, 5) is 40.5. The molecule has 1 aromatic carbocycles. The molecule has 5 aliphatic rings. The van der Waals surface area contributed by atoms with Gasteiger partial charge in [-0.3, -0.25) is 14.4 Å². The lowest BCUT2D eigenvalue weighted by atomic mass is 9.43. The van der Waals surface area contributed by atoms with E-state index in [9.17, 15) is 14.4 Å². The van der Waals surface area contributed by atoms with Crippen molar-refractivity contribution in [1.82, 2.24) is 4.90 Å². The van der Waals surface area contributed by atoms with Crippen molar-refractivity contribution in [2.24, 2.45) is 51.9 Å². The topological polar surface area (TPSA) is 106 Å². The molecule has 4 aliphatic carbocycles. The highest BCUT2D eigenvalue weighted by atomic mass is 16.2. The predicted molar refractivity (Wildman–Crippen MR) is 116 cm³/mol. The van der Waals surface area contributed by atoms with Gasteiger partial charge in [-0.15, -0.1) is 0 Å². The lowest BCUT2D eigenvalue weighted by Gasteiger charge is -2.61. The number of carbonyl (C=O) groups excluding carboxylic acids is 3. The third kappa shape index (κ3) is 2.86. The molecule has 5 fully saturated rings.